The van der Waals surface area contributed by atoms with Crippen molar-refractivity contribution in [3.05, 3.63) is 83.6 Å². The molecule has 0 radical (unpaired) electrons. The van der Waals surface area contributed by atoms with Crippen molar-refractivity contribution in [2.24, 2.45) is 17.1 Å². The predicted molar refractivity (Wildman–Crippen MR) is 188 cm³/mol. The Morgan fingerprint density at radius 3 is 2.32 bits per heavy atom. The van der Waals surface area contributed by atoms with E-state index in [-0.39, 0.29) is 34.7 Å². The van der Waals surface area contributed by atoms with Crippen molar-refractivity contribution < 1.29 is 18.3 Å². The molecule has 50 heavy (non-hydrogen) atoms. The van der Waals surface area contributed by atoms with Gasteiger partial charge in [-0.25, -0.2) is 14.8 Å². The van der Waals surface area contributed by atoms with E-state index in [0.29, 0.717) is 46.2 Å². The Hall–Kier alpha value is -4.57. The number of nitrogens with two attached hydrogens (primary N) is 1. The number of rotatable bonds is 5. The maximum absolute atomic E-state index is 16.3. The summed E-state index contributed by atoms with van der Waals surface area (Å²) in [4.78, 5) is 31.1. The Kier molecular flexibility index (Phi) is 6.89. The van der Waals surface area contributed by atoms with E-state index >= 15 is 8.78 Å². The Morgan fingerprint density at radius 2 is 1.62 bits per heavy atom. The molecule has 4 N–H and O–H groups in total. The van der Waals surface area contributed by atoms with Gasteiger partial charge >= 0.3 is 6.09 Å². The van der Waals surface area contributed by atoms with Crippen LogP contribution in [0.5, 0.6) is 0 Å². The first-order chi connectivity index (χ1) is 23.9. The summed E-state index contributed by atoms with van der Waals surface area (Å²) >= 11 is 0. The minimum atomic E-state index is -3.18. The molecule has 2 saturated carbocycles. The normalized spacial score (nSPS) is 21.2. The molecule has 10 heteroatoms. The molecule has 1 aliphatic heterocycles. The molecule has 3 heterocycles. The number of hydrogen-bond donors (Lipinski definition) is 3. The molecule has 9 rings (SSSR count). The summed E-state index contributed by atoms with van der Waals surface area (Å²) in [6, 6.07) is 16.0. The minimum absolute atomic E-state index is 0.00482. The third-order valence-electron chi connectivity index (χ3n) is 11.4. The van der Waals surface area contributed by atoms with Gasteiger partial charge in [0.05, 0.1) is 35.0 Å². The molecule has 5 aromatic rings. The van der Waals surface area contributed by atoms with Crippen molar-refractivity contribution in [1.82, 2.24) is 24.8 Å². The molecule has 1 amide bonds. The van der Waals surface area contributed by atoms with Crippen molar-refractivity contribution >= 4 is 17.1 Å². The number of halogens is 2. The van der Waals surface area contributed by atoms with Gasteiger partial charge in [0.15, 0.2) is 0 Å². The van der Waals surface area contributed by atoms with Gasteiger partial charge in [-0.2, -0.15) is 8.78 Å². The third-order valence-corrected chi connectivity index (χ3v) is 11.4. The summed E-state index contributed by atoms with van der Waals surface area (Å²) in [6.07, 6.45) is 8.94. The largest absolute Gasteiger partial charge is 0.444 e. The van der Waals surface area contributed by atoms with Crippen LogP contribution in [0.4, 0.5) is 13.6 Å². The molecular formula is C40H42F2N6O2. The summed E-state index contributed by atoms with van der Waals surface area (Å²) in [7, 11) is 0. The molecule has 0 bridgehead atoms. The number of aromatic amines is 2. The number of H-pyrrole nitrogens is 2. The molecule has 2 atom stereocenters. The van der Waals surface area contributed by atoms with Crippen LogP contribution in [0, 0.1) is 11.3 Å². The van der Waals surface area contributed by atoms with Gasteiger partial charge in [-0.05, 0) is 111 Å². The van der Waals surface area contributed by atoms with Gasteiger partial charge in [0.25, 0.3) is 5.92 Å². The zero-order valence-electron chi connectivity index (χ0n) is 28.7. The van der Waals surface area contributed by atoms with Crippen molar-refractivity contribution in [1.29, 1.82) is 0 Å². The lowest BCUT2D eigenvalue weighted by Crippen LogP contribution is -2.37. The number of aromatic nitrogens is 4. The molecular weight excluding hydrogens is 634 g/mol. The van der Waals surface area contributed by atoms with E-state index in [4.69, 9.17) is 15.5 Å². The van der Waals surface area contributed by atoms with Gasteiger partial charge in [0, 0.05) is 23.2 Å². The number of hydrogen-bond acceptors (Lipinski definition) is 5. The number of amides is 1. The highest BCUT2D eigenvalue weighted by Crippen LogP contribution is 2.58. The summed E-state index contributed by atoms with van der Waals surface area (Å²) in [5, 5.41) is 0. The number of alkyl halides is 2. The number of likely N-dealkylation sites (tertiary alicyclic amines) is 1. The summed E-state index contributed by atoms with van der Waals surface area (Å²) < 4.78 is 38.4. The molecule has 4 aliphatic rings. The first-order valence-corrected chi connectivity index (χ1v) is 17.9. The first-order valence-electron chi connectivity index (χ1n) is 17.9. The second-order valence-electron chi connectivity index (χ2n) is 16.0. The van der Waals surface area contributed by atoms with Crippen LogP contribution in [0.15, 0.2) is 60.8 Å². The second-order valence-corrected chi connectivity index (χ2v) is 16.0. The fraction of sp³-hybridized carbons (Fsp3) is 0.425. The van der Waals surface area contributed by atoms with E-state index in [0.717, 1.165) is 54.5 Å². The quantitative estimate of drug-likeness (QED) is 0.172. The Balaban J connectivity index is 0.985. The maximum atomic E-state index is 16.3. The second kappa shape index (κ2) is 11.0. The predicted octanol–water partition coefficient (Wildman–Crippen LogP) is 9.39. The molecule has 258 valence electrons. The van der Waals surface area contributed by atoms with Gasteiger partial charge in [0.2, 0.25) is 0 Å². The van der Waals surface area contributed by atoms with Crippen LogP contribution in [-0.4, -0.2) is 43.1 Å². The molecule has 1 saturated heterocycles. The number of nitrogens with one attached hydrogen (secondary N) is 2. The van der Waals surface area contributed by atoms with Crippen molar-refractivity contribution in [3.8, 4) is 33.5 Å². The van der Waals surface area contributed by atoms with Crippen LogP contribution in [0.1, 0.15) is 101 Å². The van der Waals surface area contributed by atoms with Crippen LogP contribution in [0.25, 0.3) is 44.5 Å². The van der Waals surface area contributed by atoms with Gasteiger partial charge in [-0.3, -0.25) is 4.90 Å². The highest BCUT2D eigenvalue weighted by Gasteiger charge is 2.55. The van der Waals surface area contributed by atoms with Crippen LogP contribution in [0.2, 0.25) is 0 Å². The van der Waals surface area contributed by atoms with Gasteiger partial charge in [-0.15, -0.1) is 0 Å². The standard InChI is InChI=1S/C40H42F2N6O2/c1-38(2,3)50-37(49)48-21-39(14-15-39)19-33(48)35-44-20-32(47-35)25-9-12-27-26-11-8-23(16-28(26)40(41,42)29(27)17-25)24-10-13-30-31(18-24)46-36(45-30)34(43)22-6-4-5-7-22/h8-13,16-18,20,22,33-34H,4-7,14-15,19,21,43H2,1-3H3,(H,44,47)(H,45,46)/t33-,34-/m0/s1. The summed E-state index contributed by atoms with van der Waals surface area (Å²) in [6.45, 7) is 6.22. The van der Waals surface area contributed by atoms with E-state index in [9.17, 15) is 4.79 Å². The zero-order chi connectivity index (χ0) is 34.6. The number of carbonyl (C=O) groups excluding carboxylic acids is 1. The Morgan fingerprint density at radius 1 is 0.960 bits per heavy atom. The number of carbonyl (C=O) groups is 1. The lowest BCUT2D eigenvalue weighted by molar-refractivity contribution is 0.0212. The summed E-state index contributed by atoms with van der Waals surface area (Å²) in [5.74, 6) is -1.31. The summed E-state index contributed by atoms with van der Waals surface area (Å²) in [5.41, 5.74) is 11.6. The molecule has 8 nitrogen and oxygen atoms in total. The van der Waals surface area contributed by atoms with E-state index in [1.807, 2.05) is 51.1 Å². The first kappa shape index (κ1) is 31.4. The molecule has 0 unspecified atom stereocenters. The average molecular weight is 677 g/mol. The highest BCUT2D eigenvalue weighted by molar-refractivity contribution is 5.87. The van der Waals surface area contributed by atoms with Crippen molar-refractivity contribution in [2.75, 3.05) is 6.54 Å². The number of ether oxygens (including phenoxy) is 1. The van der Waals surface area contributed by atoms with Gasteiger partial charge < -0.3 is 20.4 Å². The lowest BCUT2D eigenvalue weighted by Gasteiger charge is -2.27. The molecule has 3 aromatic carbocycles. The number of nitrogens with zero attached hydrogens (tertiary/aromatic N) is 3. The van der Waals surface area contributed by atoms with Gasteiger partial charge in [-0.1, -0.05) is 43.2 Å². The van der Waals surface area contributed by atoms with Crippen LogP contribution in [-0.2, 0) is 10.7 Å². The number of benzene rings is 3. The van der Waals surface area contributed by atoms with Crippen molar-refractivity contribution in [3.63, 3.8) is 0 Å². The monoisotopic (exact) mass is 676 g/mol. The topological polar surface area (TPSA) is 113 Å². The number of fused-ring (bicyclic) bond motifs is 4. The fourth-order valence-corrected chi connectivity index (χ4v) is 8.48. The lowest BCUT2D eigenvalue weighted by atomic mass is 9.98. The Bertz CT molecular complexity index is 2150. The van der Waals surface area contributed by atoms with Crippen LogP contribution < -0.4 is 5.73 Å². The minimum Gasteiger partial charge on any atom is -0.444 e. The van der Waals surface area contributed by atoms with E-state index in [1.54, 1.807) is 35.4 Å². The number of imidazole rings is 2. The fourth-order valence-electron chi connectivity index (χ4n) is 8.48. The third kappa shape index (κ3) is 5.22. The maximum Gasteiger partial charge on any atom is 0.410 e. The average Bonchev–Trinajstić information content (AvgIpc) is 3.67. The van der Waals surface area contributed by atoms with Crippen LogP contribution >= 0.6 is 0 Å². The molecule has 3 fully saturated rings. The van der Waals surface area contributed by atoms with Crippen molar-refractivity contribution in [2.45, 2.75) is 89.3 Å². The smallest absolute Gasteiger partial charge is 0.410 e. The van der Waals surface area contributed by atoms with Gasteiger partial charge in [0.1, 0.15) is 17.2 Å². The molecule has 3 aliphatic carbocycles. The molecule has 2 aromatic heterocycles. The van der Waals surface area contributed by atoms with E-state index in [2.05, 4.69) is 15.0 Å². The highest BCUT2D eigenvalue weighted by atomic mass is 19.3. The Labute approximate surface area is 289 Å². The van der Waals surface area contributed by atoms with Crippen LogP contribution in [0.3, 0.4) is 0 Å². The molecule has 1 spiro atoms. The van der Waals surface area contributed by atoms with E-state index < -0.39 is 11.5 Å². The SMILES string of the molecule is CC(C)(C)OC(=O)N1CC2(CC2)C[C@H]1c1ncc(-c2ccc3c(c2)C(F)(F)c2cc(-c4ccc5nc([C@@H](N)C6CCCC6)[nH]c5c4)ccc2-3)[nH]1. The zero-order valence-corrected chi connectivity index (χ0v) is 28.7. The van der Waals surface area contributed by atoms with E-state index in [1.165, 1.54) is 12.8 Å².